The minimum Gasteiger partial charge on any atom is -0.539 e. The molecule has 3 aliphatic heterocycles. The van der Waals surface area contributed by atoms with Gasteiger partial charge in [-0.05, 0) is 12.1 Å². The lowest BCUT2D eigenvalue weighted by atomic mass is 10.0. The number of carbonyl (C=O) groups is 2. The van der Waals surface area contributed by atoms with Gasteiger partial charge in [0.1, 0.15) is 13.2 Å². The van der Waals surface area contributed by atoms with Gasteiger partial charge >= 0.3 is 5.97 Å². The van der Waals surface area contributed by atoms with Crippen molar-refractivity contribution in [1.29, 1.82) is 0 Å². The van der Waals surface area contributed by atoms with Crippen LogP contribution >= 0.6 is 0 Å². The Hall–Kier alpha value is -2.36. The number of likely N-dealkylation sites (tertiary alicyclic amines) is 1. The number of nitrogens with one attached hydrogen (secondary N) is 1. The van der Waals surface area contributed by atoms with Crippen molar-refractivity contribution in [3.63, 3.8) is 0 Å². The minimum absolute atomic E-state index is 0.134. The summed E-state index contributed by atoms with van der Waals surface area (Å²) in [5.74, 6) is -2.57. The Labute approximate surface area is 156 Å². The number of ether oxygens (including phenoxy) is 4. The van der Waals surface area contributed by atoms with Gasteiger partial charge in [-0.2, -0.15) is 0 Å². The van der Waals surface area contributed by atoms with Gasteiger partial charge in [0.15, 0.2) is 29.4 Å². The first-order valence-electron chi connectivity index (χ1n) is 8.92. The van der Waals surface area contributed by atoms with E-state index in [9.17, 15) is 0 Å². The highest BCUT2D eigenvalue weighted by Gasteiger charge is 2.42. The first-order chi connectivity index (χ1) is 13.0. The molecule has 3 heterocycles. The van der Waals surface area contributed by atoms with Crippen molar-refractivity contribution in [1.82, 2.24) is 0 Å². The summed E-state index contributed by atoms with van der Waals surface area (Å²) < 4.78 is 23.4. The Kier molecular flexibility index (Phi) is 6.15. The van der Waals surface area contributed by atoms with E-state index < -0.39 is 11.9 Å². The summed E-state index contributed by atoms with van der Waals surface area (Å²) in [5.41, 5.74) is 0. The molecule has 1 atom stereocenters. The number of hydrogen-bond acceptors (Lipinski definition) is 7. The monoisotopic (exact) mass is 381 g/mol. The van der Waals surface area contributed by atoms with Crippen LogP contribution in [0.4, 0.5) is 0 Å². The number of carbonyl (C=O) groups excluding carboxylic acids is 1. The molecule has 2 N–H and O–H groups in total. The maximum atomic E-state index is 9.04. The summed E-state index contributed by atoms with van der Waals surface area (Å²) in [7, 11) is 0. The molecule has 1 aromatic carbocycles. The third-order valence-corrected chi connectivity index (χ3v) is 4.79. The molecule has 0 saturated carbocycles. The topological polar surface area (TPSA) is 119 Å². The number of piperidine rings is 1. The molecule has 3 aliphatic rings. The zero-order valence-electron chi connectivity index (χ0n) is 14.8. The number of quaternary nitrogens is 1. The van der Waals surface area contributed by atoms with Crippen molar-refractivity contribution in [3.8, 4) is 11.5 Å². The molecular weight excluding hydrogens is 358 g/mol. The van der Waals surface area contributed by atoms with Gasteiger partial charge in [-0.15, -0.1) is 0 Å². The molecule has 9 heteroatoms. The SMILES string of the molecule is O=C([O-])C(=O)O.c1ccc2c(c1)OCC(C[NH+]1CCC3(CC1)OCCO3)O2. The van der Waals surface area contributed by atoms with Crippen LogP contribution in [-0.4, -0.2) is 68.4 Å². The zero-order chi connectivity index (χ0) is 19.3. The molecule has 0 aliphatic carbocycles. The van der Waals surface area contributed by atoms with Crippen LogP contribution in [0.2, 0.25) is 0 Å². The Balaban J connectivity index is 0.000000307. The van der Waals surface area contributed by atoms with E-state index in [0.29, 0.717) is 6.61 Å². The minimum atomic E-state index is -2.07. The van der Waals surface area contributed by atoms with E-state index in [1.54, 1.807) is 4.90 Å². The van der Waals surface area contributed by atoms with E-state index in [4.69, 9.17) is 38.7 Å². The van der Waals surface area contributed by atoms with Crippen molar-refractivity contribution < 1.29 is 43.6 Å². The molecule has 1 unspecified atom stereocenters. The molecule has 1 spiro atoms. The number of benzene rings is 1. The van der Waals surface area contributed by atoms with Gasteiger partial charge < -0.3 is 38.9 Å². The van der Waals surface area contributed by atoms with Crippen LogP contribution in [0.3, 0.4) is 0 Å². The number of carboxylic acid groups (broad SMARTS) is 2. The average Bonchev–Trinajstić information content (AvgIpc) is 3.12. The number of rotatable bonds is 2. The van der Waals surface area contributed by atoms with Crippen LogP contribution in [-0.2, 0) is 19.1 Å². The molecule has 0 bridgehead atoms. The summed E-state index contributed by atoms with van der Waals surface area (Å²) in [6, 6.07) is 7.89. The Morgan fingerprint density at radius 2 is 1.74 bits per heavy atom. The Bertz CT molecular complexity index is 651. The lowest BCUT2D eigenvalue weighted by Crippen LogP contribution is -3.15. The predicted molar refractivity (Wildman–Crippen MR) is 88.4 cm³/mol. The fourth-order valence-corrected chi connectivity index (χ4v) is 3.46. The van der Waals surface area contributed by atoms with Gasteiger partial charge in [-0.3, -0.25) is 0 Å². The van der Waals surface area contributed by atoms with Gasteiger partial charge in [0, 0.05) is 0 Å². The highest BCUT2D eigenvalue weighted by molar-refractivity contribution is 6.26. The fraction of sp³-hybridized carbons (Fsp3) is 0.556. The largest absolute Gasteiger partial charge is 0.539 e. The van der Waals surface area contributed by atoms with Gasteiger partial charge in [-0.25, -0.2) is 4.79 Å². The summed E-state index contributed by atoms with van der Waals surface area (Å²) in [5, 5.41) is 16.3. The van der Waals surface area contributed by atoms with Crippen molar-refractivity contribution in [2.24, 2.45) is 0 Å². The average molecular weight is 381 g/mol. The molecule has 1 aromatic rings. The lowest BCUT2D eigenvalue weighted by Gasteiger charge is -2.37. The maximum Gasteiger partial charge on any atom is 0.351 e. The number of fused-ring (bicyclic) bond motifs is 1. The highest BCUT2D eigenvalue weighted by Crippen LogP contribution is 2.31. The number of hydrogen-bond donors (Lipinski definition) is 2. The van der Waals surface area contributed by atoms with Crippen LogP contribution in [0.1, 0.15) is 12.8 Å². The molecule has 0 radical (unpaired) electrons. The normalized spacial score (nSPS) is 23.3. The van der Waals surface area contributed by atoms with Gasteiger partial charge in [0.25, 0.3) is 0 Å². The zero-order valence-corrected chi connectivity index (χ0v) is 14.8. The molecule has 27 heavy (non-hydrogen) atoms. The van der Waals surface area contributed by atoms with Crippen LogP contribution in [0.5, 0.6) is 11.5 Å². The smallest absolute Gasteiger partial charge is 0.351 e. The van der Waals surface area contributed by atoms with Crippen LogP contribution in [0, 0.1) is 0 Å². The standard InChI is InChI=1S/C16H21NO4.C2H2O4/c1-2-4-15-14(3-1)18-12-13(21-15)11-17-7-5-16(6-8-17)19-9-10-20-16;3-1(4)2(5)6/h1-4,13H,5-12H2;(H,3,4)(H,5,6). The van der Waals surface area contributed by atoms with E-state index >= 15 is 0 Å². The first kappa shape index (κ1) is 19.4. The Morgan fingerprint density at radius 3 is 2.33 bits per heavy atom. The van der Waals surface area contributed by atoms with E-state index in [1.165, 1.54) is 0 Å². The van der Waals surface area contributed by atoms with Crippen molar-refractivity contribution >= 4 is 11.9 Å². The summed E-state index contributed by atoms with van der Waals surface area (Å²) in [6.07, 6.45) is 2.09. The van der Waals surface area contributed by atoms with Gasteiger partial charge in [-0.1, -0.05) is 12.1 Å². The van der Waals surface area contributed by atoms with Gasteiger partial charge in [0.05, 0.1) is 39.1 Å². The summed E-state index contributed by atoms with van der Waals surface area (Å²) in [4.78, 5) is 19.6. The molecular formula is C18H23NO8. The number of para-hydroxylation sites is 2. The lowest BCUT2D eigenvalue weighted by molar-refractivity contribution is -0.911. The van der Waals surface area contributed by atoms with E-state index in [-0.39, 0.29) is 11.9 Å². The summed E-state index contributed by atoms with van der Waals surface area (Å²) >= 11 is 0. The molecule has 2 fully saturated rings. The van der Waals surface area contributed by atoms with E-state index in [0.717, 1.165) is 57.2 Å². The van der Waals surface area contributed by atoms with Crippen molar-refractivity contribution in [3.05, 3.63) is 24.3 Å². The number of carboxylic acids is 2. The molecule has 9 nitrogen and oxygen atoms in total. The summed E-state index contributed by atoms with van der Waals surface area (Å²) in [6.45, 7) is 5.24. The van der Waals surface area contributed by atoms with Crippen LogP contribution in [0.15, 0.2) is 24.3 Å². The molecule has 0 amide bonds. The maximum absolute atomic E-state index is 9.04. The van der Waals surface area contributed by atoms with Crippen molar-refractivity contribution in [2.75, 3.05) is 39.5 Å². The second kappa shape index (κ2) is 8.55. The van der Waals surface area contributed by atoms with E-state index in [1.807, 2.05) is 24.3 Å². The van der Waals surface area contributed by atoms with Gasteiger partial charge in [0.2, 0.25) is 0 Å². The molecule has 4 rings (SSSR count). The van der Waals surface area contributed by atoms with Crippen LogP contribution in [0.25, 0.3) is 0 Å². The quantitative estimate of drug-likeness (QED) is 0.569. The third-order valence-electron chi connectivity index (χ3n) is 4.79. The second-order valence-electron chi connectivity index (χ2n) is 6.65. The van der Waals surface area contributed by atoms with Crippen molar-refractivity contribution in [2.45, 2.75) is 24.7 Å². The van der Waals surface area contributed by atoms with E-state index in [2.05, 4.69) is 0 Å². The second-order valence-corrected chi connectivity index (χ2v) is 6.65. The molecule has 0 aromatic heterocycles. The fourth-order valence-electron chi connectivity index (χ4n) is 3.46. The number of aliphatic carboxylic acids is 2. The molecule has 148 valence electrons. The third kappa shape index (κ3) is 5.09. The molecule has 2 saturated heterocycles. The Morgan fingerprint density at radius 1 is 1.15 bits per heavy atom. The highest BCUT2D eigenvalue weighted by atomic mass is 16.7. The first-order valence-corrected chi connectivity index (χ1v) is 8.92. The predicted octanol–water partition coefficient (Wildman–Crippen LogP) is -1.93. The van der Waals surface area contributed by atoms with Crippen LogP contribution < -0.4 is 19.5 Å².